The molecule has 164 valence electrons. The van der Waals surface area contributed by atoms with Crippen molar-refractivity contribution in [3.63, 3.8) is 0 Å². The van der Waals surface area contributed by atoms with E-state index in [1.165, 1.54) is 47.1 Å². The minimum absolute atomic E-state index is 0.191. The Hall–Kier alpha value is -2.07. The van der Waals surface area contributed by atoms with Crippen molar-refractivity contribution in [2.75, 3.05) is 0 Å². The number of amides is 1. The highest BCUT2D eigenvalue weighted by Gasteiger charge is 2.42. The molecule has 1 N–H and O–H groups in total. The second-order valence-electron chi connectivity index (χ2n) is 9.92. The van der Waals surface area contributed by atoms with Gasteiger partial charge in [0.2, 0.25) is 5.91 Å². The minimum Gasteiger partial charge on any atom is -0.361 e. The van der Waals surface area contributed by atoms with Gasteiger partial charge >= 0.3 is 0 Å². The first-order valence-electron chi connectivity index (χ1n) is 12.0. The highest BCUT2D eigenvalue weighted by atomic mass is 32.1. The maximum Gasteiger partial charge on any atom is 0.223 e. The van der Waals surface area contributed by atoms with Crippen LogP contribution in [-0.4, -0.2) is 27.9 Å². The van der Waals surface area contributed by atoms with E-state index in [4.69, 9.17) is 0 Å². The van der Waals surface area contributed by atoms with Crippen molar-refractivity contribution in [1.29, 1.82) is 0 Å². The van der Waals surface area contributed by atoms with E-state index in [2.05, 4.69) is 72.6 Å². The highest BCUT2D eigenvalue weighted by molar-refractivity contribution is 7.13. The van der Waals surface area contributed by atoms with Crippen molar-refractivity contribution in [2.24, 2.45) is 11.8 Å². The molecule has 5 rings (SSSR count). The molecule has 0 spiro atoms. The fourth-order valence-electron chi connectivity index (χ4n) is 6.32. The number of aromatic amines is 1. The van der Waals surface area contributed by atoms with E-state index >= 15 is 0 Å². The van der Waals surface area contributed by atoms with Crippen molar-refractivity contribution in [3.05, 3.63) is 47.5 Å². The van der Waals surface area contributed by atoms with Crippen LogP contribution in [0.2, 0.25) is 0 Å². The average molecular weight is 435 g/mol. The van der Waals surface area contributed by atoms with Gasteiger partial charge in [0.15, 0.2) is 0 Å². The van der Waals surface area contributed by atoms with Gasteiger partial charge in [0.1, 0.15) is 0 Å². The second kappa shape index (κ2) is 8.46. The molecule has 5 atom stereocenters. The Bertz CT molecular complexity index is 1050. The Labute approximate surface area is 189 Å². The molecule has 31 heavy (non-hydrogen) atoms. The van der Waals surface area contributed by atoms with Crippen LogP contribution >= 0.6 is 11.3 Å². The Morgan fingerprint density at radius 2 is 2.03 bits per heavy atom. The number of likely N-dealkylation sites (tertiary alicyclic amines) is 1. The molecule has 1 saturated carbocycles. The number of aromatic nitrogens is 1. The molecule has 1 saturated heterocycles. The summed E-state index contributed by atoms with van der Waals surface area (Å²) in [7, 11) is 0. The van der Waals surface area contributed by atoms with E-state index < -0.39 is 0 Å². The van der Waals surface area contributed by atoms with E-state index in [0.717, 1.165) is 17.9 Å². The van der Waals surface area contributed by atoms with Gasteiger partial charge in [-0.2, -0.15) is 0 Å². The highest BCUT2D eigenvalue weighted by Crippen LogP contribution is 2.42. The van der Waals surface area contributed by atoms with Crippen molar-refractivity contribution < 1.29 is 4.79 Å². The summed E-state index contributed by atoms with van der Waals surface area (Å²) in [5, 5.41) is 3.41. The number of H-pyrrole nitrogens is 1. The third-order valence-corrected chi connectivity index (χ3v) is 8.86. The fourth-order valence-corrected chi connectivity index (χ4v) is 7.08. The van der Waals surface area contributed by atoms with E-state index in [1.54, 1.807) is 11.3 Å². The number of hydrogen-bond acceptors (Lipinski definition) is 2. The summed E-state index contributed by atoms with van der Waals surface area (Å²) in [6.45, 7) is 6.89. The number of carbonyl (C=O) groups is 1. The van der Waals surface area contributed by atoms with Crippen LogP contribution in [0.4, 0.5) is 0 Å². The van der Waals surface area contributed by atoms with Crippen molar-refractivity contribution >= 4 is 28.1 Å². The van der Waals surface area contributed by atoms with Gasteiger partial charge in [-0.05, 0) is 67.0 Å². The first kappa shape index (κ1) is 20.8. The second-order valence-corrected chi connectivity index (χ2v) is 10.9. The number of carbonyl (C=O) groups excluding carboxylic acids is 1. The number of nitrogens with one attached hydrogen (secondary N) is 1. The van der Waals surface area contributed by atoms with Crippen LogP contribution in [0.15, 0.2) is 41.9 Å². The Morgan fingerprint density at radius 1 is 1.16 bits per heavy atom. The number of fused-ring (bicyclic) bond motifs is 2. The average Bonchev–Trinajstić information content (AvgIpc) is 3.43. The Kier molecular flexibility index (Phi) is 5.68. The third-order valence-electron chi connectivity index (χ3n) is 7.96. The lowest BCUT2D eigenvalue weighted by molar-refractivity contribution is -0.142. The lowest BCUT2D eigenvalue weighted by atomic mass is 9.70. The van der Waals surface area contributed by atoms with Gasteiger partial charge in [-0.3, -0.25) is 4.79 Å². The smallest absolute Gasteiger partial charge is 0.223 e. The summed E-state index contributed by atoms with van der Waals surface area (Å²) >= 11 is 1.78. The first-order chi connectivity index (χ1) is 15.0. The molecular formula is C27H34N2OS. The van der Waals surface area contributed by atoms with Crippen LogP contribution in [0.1, 0.15) is 70.8 Å². The Balaban J connectivity index is 1.42. The zero-order chi connectivity index (χ0) is 21.5. The van der Waals surface area contributed by atoms with Gasteiger partial charge in [-0.15, -0.1) is 11.3 Å². The van der Waals surface area contributed by atoms with E-state index in [1.807, 2.05) is 0 Å². The van der Waals surface area contributed by atoms with Crippen molar-refractivity contribution in [2.45, 2.75) is 77.3 Å². The third kappa shape index (κ3) is 3.73. The molecule has 1 aliphatic carbocycles. The summed E-state index contributed by atoms with van der Waals surface area (Å²) in [5.41, 5.74) is 3.70. The summed E-state index contributed by atoms with van der Waals surface area (Å²) in [4.78, 5) is 20.7. The van der Waals surface area contributed by atoms with Crippen LogP contribution in [-0.2, 0) is 4.79 Å². The molecule has 1 aromatic carbocycles. The largest absolute Gasteiger partial charge is 0.361 e. The molecule has 0 radical (unpaired) electrons. The molecule has 1 aliphatic heterocycles. The SMILES string of the molecule is CC(CC(=O)N1C(C)CCC2C(C)CCCC21)c1c[nH]c2cccc(-c3cccs3)c12. The normalized spacial score (nSPS) is 27.3. The monoisotopic (exact) mass is 434 g/mol. The number of thiophene rings is 1. The van der Waals surface area contributed by atoms with Gasteiger partial charge in [0, 0.05) is 46.0 Å². The predicted octanol–water partition coefficient (Wildman–Crippen LogP) is 7.21. The summed E-state index contributed by atoms with van der Waals surface area (Å²) in [6.07, 6.45) is 8.95. The lowest BCUT2D eigenvalue weighted by Crippen LogP contribution is -2.55. The Morgan fingerprint density at radius 3 is 2.84 bits per heavy atom. The lowest BCUT2D eigenvalue weighted by Gasteiger charge is -2.50. The number of hydrogen-bond donors (Lipinski definition) is 1. The predicted molar refractivity (Wildman–Crippen MR) is 130 cm³/mol. The minimum atomic E-state index is 0.191. The number of nitrogens with zero attached hydrogens (tertiary/aromatic N) is 1. The number of rotatable bonds is 4. The summed E-state index contributed by atoms with van der Waals surface area (Å²) < 4.78 is 0. The summed E-state index contributed by atoms with van der Waals surface area (Å²) in [6, 6.07) is 11.6. The maximum atomic E-state index is 13.6. The molecule has 2 aliphatic rings. The first-order valence-corrected chi connectivity index (χ1v) is 12.9. The molecule has 5 unspecified atom stereocenters. The summed E-state index contributed by atoms with van der Waals surface area (Å²) in [5.74, 6) is 1.99. The maximum absolute atomic E-state index is 13.6. The molecule has 3 aromatic rings. The fraction of sp³-hybridized carbons (Fsp3) is 0.519. The van der Waals surface area contributed by atoms with Gasteiger partial charge in [0.25, 0.3) is 0 Å². The zero-order valence-corrected chi connectivity index (χ0v) is 19.8. The van der Waals surface area contributed by atoms with Gasteiger partial charge < -0.3 is 9.88 Å². The molecule has 3 heterocycles. The molecular weight excluding hydrogens is 400 g/mol. The van der Waals surface area contributed by atoms with Crippen molar-refractivity contribution in [3.8, 4) is 10.4 Å². The standard InChI is InChI=1S/C27H34N2OS/c1-17-7-4-10-24-20(17)13-12-19(3)29(24)26(30)15-18(2)22-16-28-23-9-5-8-21(27(22)23)25-11-6-14-31-25/h5-6,8-9,11,14,16-20,24,28H,4,7,10,12-13,15H2,1-3H3. The molecule has 3 nitrogen and oxygen atoms in total. The number of benzene rings is 1. The van der Waals surface area contributed by atoms with Crippen molar-refractivity contribution in [1.82, 2.24) is 9.88 Å². The molecule has 1 amide bonds. The quantitative estimate of drug-likeness (QED) is 0.463. The van der Waals surface area contributed by atoms with Gasteiger partial charge in [0.05, 0.1) is 0 Å². The molecule has 2 aromatic heterocycles. The van der Waals surface area contributed by atoms with Gasteiger partial charge in [-0.25, -0.2) is 0 Å². The number of piperidine rings is 1. The van der Waals surface area contributed by atoms with E-state index in [9.17, 15) is 4.79 Å². The topological polar surface area (TPSA) is 36.1 Å². The van der Waals surface area contributed by atoms with Crippen LogP contribution in [0.5, 0.6) is 0 Å². The molecule has 2 fully saturated rings. The van der Waals surface area contributed by atoms with Gasteiger partial charge in [-0.1, -0.05) is 44.9 Å². The molecule has 0 bridgehead atoms. The van der Waals surface area contributed by atoms with Crippen LogP contribution in [0.25, 0.3) is 21.3 Å². The zero-order valence-electron chi connectivity index (χ0n) is 18.9. The van der Waals surface area contributed by atoms with E-state index in [0.29, 0.717) is 30.3 Å². The molecule has 4 heteroatoms. The van der Waals surface area contributed by atoms with Crippen LogP contribution < -0.4 is 0 Å². The van der Waals surface area contributed by atoms with Crippen LogP contribution in [0.3, 0.4) is 0 Å². The van der Waals surface area contributed by atoms with E-state index in [-0.39, 0.29) is 5.92 Å². The van der Waals surface area contributed by atoms with Crippen LogP contribution in [0, 0.1) is 11.8 Å².